The molecule has 1 aromatic rings. The predicted octanol–water partition coefficient (Wildman–Crippen LogP) is 3.39. The number of nitrogens with zero attached hydrogens (tertiary/aromatic N) is 1. The second kappa shape index (κ2) is 5.84. The highest BCUT2D eigenvalue weighted by Crippen LogP contribution is 2.25. The van der Waals surface area contributed by atoms with E-state index in [0.717, 1.165) is 17.3 Å². The third-order valence-corrected chi connectivity index (χ3v) is 3.38. The first-order valence-electron chi connectivity index (χ1n) is 5.23. The Morgan fingerprint density at radius 1 is 1.50 bits per heavy atom. The van der Waals surface area contributed by atoms with Gasteiger partial charge in [0.1, 0.15) is 11.6 Å². The van der Waals surface area contributed by atoms with Gasteiger partial charge in [-0.25, -0.2) is 4.98 Å². The maximum Gasteiger partial charge on any atom is 0.232 e. The SMILES string of the molecule is CCC(N)(CC)COc1ncc(Br)cc1Cl. The third kappa shape index (κ3) is 3.61. The summed E-state index contributed by atoms with van der Waals surface area (Å²) in [7, 11) is 0. The van der Waals surface area contributed by atoms with Gasteiger partial charge in [-0.15, -0.1) is 0 Å². The molecule has 16 heavy (non-hydrogen) atoms. The van der Waals surface area contributed by atoms with Crippen molar-refractivity contribution in [1.82, 2.24) is 4.98 Å². The number of aromatic nitrogens is 1. The first-order chi connectivity index (χ1) is 7.50. The van der Waals surface area contributed by atoms with Gasteiger partial charge in [-0.3, -0.25) is 0 Å². The van der Waals surface area contributed by atoms with Gasteiger partial charge in [0.25, 0.3) is 0 Å². The summed E-state index contributed by atoms with van der Waals surface area (Å²) in [6, 6.07) is 1.75. The van der Waals surface area contributed by atoms with Crippen molar-refractivity contribution < 1.29 is 4.74 Å². The van der Waals surface area contributed by atoms with Crippen molar-refractivity contribution in [1.29, 1.82) is 0 Å². The summed E-state index contributed by atoms with van der Waals surface area (Å²) in [6.07, 6.45) is 3.37. The fraction of sp³-hybridized carbons (Fsp3) is 0.545. The second-order valence-corrected chi connectivity index (χ2v) is 5.12. The van der Waals surface area contributed by atoms with Gasteiger partial charge in [-0.05, 0) is 34.8 Å². The van der Waals surface area contributed by atoms with Crippen molar-refractivity contribution >= 4 is 27.5 Å². The Hall–Kier alpha value is -0.320. The van der Waals surface area contributed by atoms with Gasteiger partial charge in [0.15, 0.2) is 0 Å². The Balaban J connectivity index is 2.67. The van der Waals surface area contributed by atoms with Gasteiger partial charge in [-0.2, -0.15) is 0 Å². The quantitative estimate of drug-likeness (QED) is 0.907. The molecule has 0 atom stereocenters. The minimum absolute atomic E-state index is 0.307. The van der Waals surface area contributed by atoms with Crippen molar-refractivity contribution in [3.8, 4) is 5.88 Å². The highest BCUT2D eigenvalue weighted by molar-refractivity contribution is 9.10. The van der Waals surface area contributed by atoms with Gasteiger partial charge in [0.2, 0.25) is 5.88 Å². The molecule has 0 aliphatic heterocycles. The topological polar surface area (TPSA) is 48.1 Å². The smallest absolute Gasteiger partial charge is 0.232 e. The van der Waals surface area contributed by atoms with E-state index in [4.69, 9.17) is 22.1 Å². The van der Waals surface area contributed by atoms with E-state index in [2.05, 4.69) is 20.9 Å². The van der Waals surface area contributed by atoms with Crippen molar-refractivity contribution in [3.05, 3.63) is 21.8 Å². The van der Waals surface area contributed by atoms with Crippen LogP contribution < -0.4 is 10.5 Å². The molecule has 0 fully saturated rings. The van der Waals surface area contributed by atoms with Crippen LogP contribution in [0.25, 0.3) is 0 Å². The summed E-state index contributed by atoms with van der Waals surface area (Å²) in [4.78, 5) is 4.09. The standard InChI is InChI=1S/C11H16BrClN2O/c1-3-11(14,4-2)7-16-10-9(13)5-8(12)6-15-10/h5-6H,3-4,7,14H2,1-2H3. The summed E-state index contributed by atoms with van der Waals surface area (Å²) in [5, 5.41) is 0.490. The predicted molar refractivity (Wildman–Crippen MR) is 69.9 cm³/mol. The van der Waals surface area contributed by atoms with Crippen molar-refractivity contribution in [2.75, 3.05) is 6.61 Å². The summed E-state index contributed by atoms with van der Waals surface area (Å²) in [5.41, 5.74) is 5.81. The van der Waals surface area contributed by atoms with Crippen LogP contribution in [0.4, 0.5) is 0 Å². The fourth-order valence-corrected chi connectivity index (χ4v) is 1.86. The van der Waals surface area contributed by atoms with Crippen molar-refractivity contribution in [3.63, 3.8) is 0 Å². The molecule has 0 aliphatic rings. The van der Waals surface area contributed by atoms with E-state index in [0.29, 0.717) is 17.5 Å². The molecule has 2 N–H and O–H groups in total. The summed E-state index contributed by atoms with van der Waals surface area (Å²) < 4.78 is 6.38. The zero-order chi connectivity index (χ0) is 12.2. The Kier molecular flexibility index (Phi) is 5.02. The molecular formula is C11H16BrClN2O. The van der Waals surface area contributed by atoms with Gasteiger partial charge in [0, 0.05) is 16.2 Å². The van der Waals surface area contributed by atoms with Crippen LogP contribution in [0.2, 0.25) is 5.02 Å². The van der Waals surface area contributed by atoms with Crippen LogP contribution in [-0.2, 0) is 0 Å². The highest BCUT2D eigenvalue weighted by atomic mass is 79.9. The van der Waals surface area contributed by atoms with E-state index in [-0.39, 0.29) is 5.54 Å². The fourth-order valence-electron chi connectivity index (χ4n) is 1.17. The van der Waals surface area contributed by atoms with E-state index in [1.54, 1.807) is 12.3 Å². The van der Waals surface area contributed by atoms with Crippen LogP contribution in [0.15, 0.2) is 16.7 Å². The normalized spacial score (nSPS) is 11.6. The number of halogens is 2. The monoisotopic (exact) mass is 306 g/mol. The maximum atomic E-state index is 6.12. The third-order valence-electron chi connectivity index (χ3n) is 2.68. The Labute approximate surface area is 109 Å². The lowest BCUT2D eigenvalue weighted by Gasteiger charge is -2.26. The number of pyridine rings is 1. The molecule has 0 bridgehead atoms. The number of hydrogen-bond acceptors (Lipinski definition) is 3. The Bertz CT molecular complexity index is 356. The second-order valence-electron chi connectivity index (χ2n) is 3.80. The zero-order valence-electron chi connectivity index (χ0n) is 9.46. The molecule has 0 saturated carbocycles. The molecule has 0 spiro atoms. The summed E-state index contributed by atoms with van der Waals surface area (Å²) in [6.45, 7) is 4.52. The van der Waals surface area contributed by atoms with E-state index in [9.17, 15) is 0 Å². The first-order valence-corrected chi connectivity index (χ1v) is 6.40. The molecule has 3 nitrogen and oxygen atoms in total. The molecular weight excluding hydrogens is 291 g/mol. The van der Waals surface area contributed by atoms with Gasteiger partial charge in [0.05, 0.1) is 0 Å². The average molecular weight is 308 g/mol. The molecule has 0 aliphatic carbocycles. The lowest BCUT2D eigenvalue weighted by atomic mass is 9.96. The minimum Gasteiger partial charge on any atom is -0.475 e. The van der Waals surface area contributed by atoms with Gasteiger partial charge < -0.3 is 10.5 Å². The maximum absolute atomic E-state index is 6.12. The van der Waals surface area contributed by atoms with Crippen LogP contribution in [0.3, 0.4) is 0 Å². The van der Waals surface area contributed by atoms with Crippen LogP contribution >= 0.6 is 27.5 Å². The number of nitrogens with two attached hydrogens (primary N) is 1. The van der Waals surface area contributed by atoms with Crippen molar-refractivity contribution in [2.24, 2.45) is 5.73 Å². The molecule has 1 aromatic heterocycles. The van der Waals surface area contributed by atoms with Crippen LogP contribution in [0, 0.1) is 0 Å². The van der Waals surface area contributed by atoms with Crippen LogP contribution in [-0.4, -0.2) is 17.1 Å². The molecule has 90 valence electrons. The number of rotatable bonds is 5. The molecule has 0 unspecified atom stereocenters. The molecule has 0 amide bonds. The van der Waals surface area contributed by atoms with Gasteiger partial charge in [-0.1, -0.05) is 25.4 Å². The molecule has 5 heteroatoms. The van der Waals surface area contributed by atoms with E-state index in [1.807, 2.05) is 13.8 Å². The van der Waals surface area contributed by atoms with Crippen LogP contribution in [0.5, 0.6) is 5.88 Å². The molecule has 1 heterocycles. The zero-order valence-corrected chi connectivity index (χ0v) is 11.8. The highest BCUT2D eigenvalue weighted by Gasteiger charge is 2.21. The van der Waals surface area contributed by atoms with E-state index >= 15 is 0 Å². The number of hydrogen-bond donors (Lipinski definition) is 1. The Morgan fingerprint density at radius 3 is 2.62 bits per heavy atom. The van der Waals surface area contributed by atoms with Crippen molar-refractivity contribution in [2.45, 2.75) is 32.2 Å². The number of ether oxygens (including phenoxy) is 1. The molecule has 1 rings (SSSR count). The first kappa shape index (κ1) is 13.7. The average Bonchev–Trinajstić information content (AvgIpc) is 2.27. The lowest BCUT2D eigenvalue weighted by molar-refractivity contribution is 0.201. The molecule has 0 aromatic carbocycles. The van der Waals surface area contributed by atoms with Crippen LogP contribution in [0.1, 0.15) is 26.7 Å². The van der Waals surface area contributed by atoms with E-state index in [1.165, 1.54) is 0 Å². The Morgan fingerprint density at radius 2 is 2.12 bits per heavy atom. The summed E-state index contributed by atoms with van der Waals surface area (Å²) >= 11 is 9.27. The largest absolute Gasteiger partial charge is 0.475 e. The van der Waals surface area contributed by atoms with Gasteiger partial charge >= 0.3 is 0 Å². The van der Waals surface area contributed by atoms with E-state index < -0.39 is 0 Å². The minimum atomic E-state index is -0.307. The lowest BCUT2D eigenvalue weighted by Crippen LogP contribution is -2.44. The summed E-state index contributed by atoms with van der Waals surface area (Å²) in [5.74, 6) is 0.432. The molecule has 0 saturated heterocycles. The molecule has 0 radical (unpaired) electrons.